The maximum Gasteiger partial charge on any atom is 0.306 e. The first-order valence-electron chi connectivity index (χ1n) is 7.72. The van der Waals surface area contributed by atoms with Gasteiger partial charge in [-0.15, -0.1) is 0 Å². The first-order valence-corrected chi connectivity index (χ1v) is 8.97. The van der Waals surface area contributed by atoms with Crippen LogP contribution in [-0.4, -0.2) is 12.1 Å². The summed E-state index contributed by atoms with van der Waals surface area (Å²) in [4.78, 5) is 11.8. The van der Waals surface area contributed by atoms with Crippen LogP contribution in [0, 0.1) is 5.92 Å². The Kier molecular flexibility index (Phi) is 9.57. The molecule has 110 valence electrons. The van der Waals surface area contributed by atoms with Crippen LogP contribution in [0.1, 0.15) is 71.1 Å². The summed E-state index contributed by atoms with van der Waals surface area (Å²) >= 11 is 2.26. The molecule has 0 N–H and O–H groups in total. The number of rotatable bonds is 8. The molecule has 1 rings (SSSR count). The predicted octanol–water partition coefficient (Wildman–Crippen LogP) is 5.40. The van der Waals surface area contributed by atoms with Crippen LogP contribution in [0.3, 0.4) is 0 Å². The van der Waals surface area contributed by atoms with E-state index in [4.69, 9.17) is 4.74 Å². The van der Waals surface area contributed by atoms with Gasteiger partial charge in [-0.3, -0.25) is 4.79 Å². The van der Waals surface area contributed by atoms with Crippen molar-refractivity contribution < 1.29 is 9.53 Å². The number of allylic oxidation sites excluding steroid dienone is 1. The highest BCUT2D eigenvalue weighted by Gasteiger charge is 2.22. The molecule has 0 saturated heterocycles. The summed E-state index contributed by atoms with van der Waals surface area (Å²) in [6, 6.07) is 0. The zero-order valence-corrected chi connectivity index (χ0v) is 14.2. The molecule has 0 aliphatic heterocycles. The molecular weight excluding hydrogens is 351 g/mol. The van der Waals surface area contributed by atoms with E-state index in [1.807, 2.05) is 0 Å². The zero-order valence-electron chi connectivity index (χ0n) is 12.1. The Hall–Kier alpha value is -0.0600. The number of carbonyl (C=O) groups is 1. The van der Waals surface area contributed by atoms with Crippen molar-refractivity contribution in [2.24, 2.45) is 5.92 Å². The lowest BCUT2D eigenvalue weighted by molar-refractivity contribution is -0.151. The number of halogens is 1. The highest BCUT2D eigenvalue weighted by molar-refractivity contribution is 14.1. The van der Waals surface area contributed by atoms with Crippen LogP contribution in [0.15, 0.2) is 10.2 Å². The number of ether oxygens (including phenoxy) is 1. The van der Waals surface area contributed by atoms with Crippen LogP contribution in [0.25, 0.3) is 0 Å². The number of carbonyl (C=O) groups excluding carboxylic acids is 1. The topological polar surface area (TPSA) is 26.3 Å². The molecule has 0 unspecified atom stereocenters. The molecule has 0 radical (unpaired) electrons. The smallest absolute Gasteiger partial charge is 0.306 e. The van der Waals surface area contributed by atoms with Gasteiger partial charge in [0.2, 0.25) is 0 Å². The van der Waals surface area contributed by atoms with Crippen molar-refractivity contribution in [1.29, 1.82) is 0 Å². The van der Waals surface area contributed by atoms with E-state index in [-0.39, 0.29) is 12.1 Å². The number of hydrogen-bond acceptors (Lipinski definition) is 2. The second-order valence-electron chi connectivity index (χ2n) is 5.52. The van der Waals surface area contributed by atoms with E-state index in [1.165, 1.54) is 32.1 Å². The highest BCUT2D eigenvalue weighted by atomic mass is 127. The Balaban J connectivity index is 2.13. The number of unbranched alkanes of at least 4 members (excludes halogenated alkanes) is 4. The second kappa shape index (κ2) is 10.7. The minimum atomic E-state index is 0.0144. The third-order valence-electron chi connectivity index (χ3n) is 3.79. The van der Waals surface area contributed by atoms with E-state index in [0.717, 1.165) is 25.7 Å². The molecule has 2 atom stereocenters. The first kappa shape index (κ1) is 17.0. The highest BCUT2D eigenvalue weighted by Crippen LogP contribution is 2.28. The number of hydrogen-bond donors (Lipinski definition) is 0. The normalized spacial score (nSPS) is 23.7. The van der Waals surface area contributed by atoms with Crippen LogP contribution in [0.2, 0.25) is 0 Å². The Labute approximate surface area is 131 Å². The Morgan fingerprint density at radius 2 is 2.05 bits per heavy atom. The van der Waals surface area contributed by atoms with E-state index >= 15 is 0 Å². The van der Waals surface area contributed by atoms with Crippen LogP contribution < -0.4 is 0 Å². The molecule has 3 heteroatoms. The van der Waals surface area contributed by atoms with Crippen LogP contribution in [0.4, 0.5) is 0 Å². The minimum Gasteiger partial charge on any atom is -0.462 e. The zero-order chi connectivity index (χ0) is 13.9. The van der Waals surface area contributed by atoms with Crippen molar-refractivity contribution in [2.45, 2.75) is 77.2 Å². The summed E-state index contributed by atoms with van der Waals surface area (Å²) in [5.74, 6) is 0.619. The standard InChI is InChI=1S/C16H27IO2/c1-2-3-4-5-6-10-16(18)19-15-9-7-8-14(13-15)11-12-17/h11-12,14-15H,2-10,13H2,1H3/b12-11+/t14-,15-/m0/s1. The number of esters is 1. The molecule has 1 aliphatic carbocycles. The van der Waals surface area contributed by atoms with Crippen molar-refractivity contribution in [3.63, 3.8) is 0 Å². The van der Waals surface area contributed by atoms with E-state index in [0.29, 0.717) is 12.3 Å². The van der Waals surface area contributed by atoms with Gasteiger partial charge in [-0.2, -0.15) is 0 Å². The average Bonchev–Trinajstić information content (AvgIpc) is 2.39. The lowest BCUT2D eigenvalue weighted by Gasteiger charge is -2.27. The van der Waals surface area contributed by atoms with E-state index in [1.54, 1.807) is 0 Å². The largest absolute Gasteiger partial charge is 0.462 e. The summed E-state index contributed by atoms with van der Waals surface area (Å²) in [6.07, 6.45) is 13.4. The van der Waals surface area contributed by atoms with E-state index in [2.05, 4.69) is 39.7 Å². The van der Waals surface area contributed by atoms with Gasteiger partial charge < -0.3 is 4.74 Å². The molecule has 1 aliphatic rings. The van der Waals surface area contributed by atoms with Crippen molar-refractivity contribution in [1.82, 2.24) is 0 Å². The van der Waals surface area contributed by atoms with Gasteiger partial charge in [0, 0.05) is 6.42 Å². The Morgan fingerprint density at radius 3 is 2.79 bits per heavy atom. The molecule has 0 aromatic rings. The Morgan fingerprint density at radius 1 is 1.26 bits per heavy atom. The maximum atomic E-state index is 11.8. The lowest BCUT2D eigenvalue weighted by Crippen LogP contribution is -2.24. The average molecular weight is 378 g/mol. The van der Waals surface area contributed by atoms with Gasteiger partial charge in [-0.25, -0.2) is 0 Å². The van der Waals surface area contributed by atoms with Crippen LogP contribution in [-0.2, 0) is 9.53 Å². The molecule has 0 aromatic heterocycles. The molecule has 1 saturated carbocycles. The molecule has 0 amide bonds. The van der Waals surface area contributed by atoms with Gasteiger partial charge in [-0.05, 0) is 42.1 Å². The fraction of sp³-hybridized carbons (Fsp3) is 0.812. The third-order valence-corrected chi connectivity index (χ3v) is 4.21. The summed E-state index contributed by atoms with van der Waals surface area (Å²) in [7, 11) is 0. The van der Waals surface area contributed by atoms with Gasteiger partial charge in [0.25, 0.3) is 0 Å². The van der Waals surface area contributed by atoms with Crippen molar-refractivity contribution in [3.8, 4) is 0 Å². The monoisotopic (exact) mass is 378 g/mol. The fourth-order valence-corrected chi connectivity index (χ4v) is 3.27. The fourth-order valence-electron chi connectivity index (χ4n) is 2.68. The first-order chi connectivity index (χ1) is 9.26. The third kappa shape index (κ3) is 7.95. The van der Waals surface area contributed by atoms with E-state index in [9.17, 15) is 4.79 Å². The van der Waals surface area contributed by atoms with Crippen LogP contribution in [0.5, 0.6) is 0 Å². The minimum absolute atomic E-state index is 0.0144. The maximum absolute atomic E-state index is 11.8. The second-order valence-corrected chi connectivity index (χ2v) is 6.24. The summed E-state index contributed by atoms with van der Waals surface area (Å²) in [5, 5.41) is 0. The van der Waals surface area contributed by atoms with E-state index < -0.39 is 0 Å². The van der Waals surface area contributed by atoms with Crippen molar-refractivity contribution in [3.05, 3.63) is 10.2 Å². The molecule has 0 bridgehead atoms. The van der Waals surface area contributed by atoms with Gasteiger partial charge in [0.05, 0.1) is 0 Å². The summed E-state index contributed by atoms with van der Waals surface area (Å²) in [5.41, 5.74) is 0. The molecule has 2 nitrogen and oxygen atoms in total. The van der Waals surface area contributed by atoms with Crippen molar-refractivity contribution in [2.75, 3.05) is 0 Å². The van der Waals surface area contributed by atoms with Crippen molar-refractivity contribution >= 4 is 28.6 Å². The molecule has 1 fully saturated rings. The SMILES string of the molecule is CCCCCCCC(=O)O[C@H]1CCC[C@@H](/C=C/I)C1. The quantitative estimate of drug-likeness (QED) is 0.321. The molecule has 0 aromatic carbocycles. The van der Waals surface area contributed by atoms with Gasteiger partial charge in [-0.1, -0.05) is 61.3 Å². The molecule has 19 heavy (non-hydrogen) atoms. The predicted molar refractivity (Wildman–Crippen MR) is 88.4 cm³/mol. The summed E-state index contributed by atoms with van der Waals surface area (Å²) < 4.78 is 7.68. The lowest BCUT2D eigenvalue weighted by atomic mass is 9.87. The summed E-state index contributed by atoms with van der Waals surface area (Å²) in [6.45, 7) is 2.21. The molecule has 0 spiro atoms. The molecular formula is C16H27IO2. The van der Waals surface area contributed by atoms with Gasteiger partial charge >= 0.3 is 5.97 Å². The Bertz CT molecular complexity index is 276. The van der Waals surface area contributed by atoms with Crippen LogP contribution >= 0.6 is 22.6 Å². The van der Waals surface area contributed by atoms with Gasteiger partial charge in [0.15, 0.2) is 0 Å². The van der Waals surface area contributed by atoms with Gasteiger partial charge in [0.1, 0.15) is 6.10 Å². The molecule has 0 heterocycles.